The van der Waals surface area contributed by atoms with Gasteiger partial charge in [-0.1, -0.05) is 17.3 Å². The van der Waals surface area contributed by atoms with E-state index in [4.69, 9.17) is 5.21 Å². The Bertz CT molecular complexity index is 318. The highest BCUT2D eigenvalue weighted by Gasteiger charge is 2.09. The smallest absolute Gasteiger partial charge is 0.0733 e. The first-order valence-electron chi connectivity index (χ1n) is 4.19. The number of hydrogen-bond donors (Lipinski definition) is 1. The van der Waals surface area contributed by atoms with Crippen LogP contribution in [0.2, 0.25) is 0 Å². The SMILES string of the molecule is O/N=C/c1ccc2c(c1)CCC2. The molecule has 1 N–H and O–H groups in total. The highest BCUT2D eigenvalue weighted by atomic mass is 16.4. The van der Waals surface area contributed by atoms with Crippen LogP contribution in [0.15, 0.2) is 23.4 Å². The highest BCUT2D eigenvalue weighted by molar-refractivity contribution is 5.79. The van der Waals surface area contributed by atoms with Crippen molar-refractivity contribution in [1.82, 2.24) is 0 Å². The number of fused-ring (bicyclic) bond motifs is 1. The summed E-state index contributed by atoms with van der Waals surface area (Å²) >= 11 is 0. The van der Waals surface area contributed by atoms with Gasteiger partial charge in [0.25, 0.3) is 0 Å². The van der Waals surface area contributed by atoms with Crippen molar-refractivity contribution in [3.05, 3.63) is 34.9 Å². The molecule has 0 aliphatic heterocycles. The summed E-state index contributed by atoms with van der Waals surface area (Å²) in [6.45, 7) is 0. The number of nitrogens with zero attached hydrogens (tertiary/aromatic N) is 1. The summed E-state index contributed by atoms with van der Waals surface area (Å²) in [5.74, 6) is 0. The third-order valence-electron chi connectivity index (χ3n) is 2.33. The maximum absolute atomic E-state index is 8.34. The zero-order valence-corrected chi connectivity index (χ0v) is 6.83. The van der Waals surface area contributed by atoms with Crippen LogP contribution in [0.25, 0.3) is 0 Å². The Morgan fingerprint density at radius 2 is 2.08 bits per heavy atom. The molecule has 2 nitrogen and oxygen atoms in total. The number of rotatable bonds is 1. The fraction of sp³-hybridized carbons (Fsp3) is 0.300. The Labute approximate surface area is 71.5 Å². The largest absolute Gasteiger partial charge is 0.411 e. The second-order valence-corrected chi connectivity index (χ2v) is 3.13. The van der Waals surface area contributed by atoms with E-state index in [2.05, 4.69) is 17.3 Å². The molecular formula is C10H11NO. The molecule has 0 saturated carbocycles. The Hall–Kier alpha value is -1.31. The van der Waals surface area contributed by atoms with Crippen LogP contribution in [-0.4, -0.2) is 11.4 Å². The summed E-state index contributed by atoms with van der Waals surface area (Å²) in [6.07, 6.45) is 5.10. The van der Waals surface area contributed by atoms with Crippen molar-refractivity contribution in [2.45, 2.75) is 19.3 Å². The van der Waals surface area contributed by atoms with E-state index in [-0.39, 0.29) is 0 Å². The molecule has 0 unspecified atom stereocenters. The lowest BCUT2D eigenvalue weighted by Crippen LogP contribution is -1.86. The maximum Gasteiger partial charge on any atom is 0.0733 e. The Balaban J connectivity index is 2.38. The van der Waals surface area contributed by atoms with Gasteiger partial charge in [0.1, 0.15) is 0 Å². The predicted octanol–water partition coefficient (Wildman–Crippen LogP) is 1.98. The first-order chi connectivity index (χ1) is 5.90. The van der Waals surface area contributed by atoms with Crippen LogP contribution in [0, 0.1) is 0 Å². The van der Waals surface area contributed by atoms with Crippen LogP contribution in [-0.2, 0) is 12.8 Å². The van der Waals surface area contributed by atoms with Crippen LogP contribution in [0.5, 0.6) is 0 Å². The van der Waals surface area contributed by atoms with E-state index in [1.165, 1.54) is 36.6 Å². The molecule has 0 saturated heterocycles. The zero-order valence-electron chi connectivity index (χ0n) is 6.83. The van der Waals surface area contributed by atoms with Gasteiger partial charge in [-0.15, -0.1) is 0 Å². The summed E-state index contributed by atoms with van der Waals surface area (Å²) in [5.41, 5.74) is 3.84. The van der Waals surface area contributed by atoms with Crippen molar-refractivity contribution < 1.29 is 5.21 Å². The standard InChI is InChI=1S/C10H11NO/c12-11-7-8-4-5-9-2-1-3-10(9)6-8/h4-7,12H,1-3H2/b11-7+. The highest BCUT2D eigenvalue weighted by Crippen LogP contribution is 2.22. The van der Waals surface area contributed by atoms with E-state index in [1.54, 1.807) is 0 Å². The molecule has 0 spiro atoms. The van der Waals surface area contributed by atoms with Crippen LogP contribution >= 0.6 is 0 Å². The second-order valence-electron chi connectivity index (χ2n) is 3.13. The van der Waals surface area contributed by atoms with Gasteiger partial charge in [-0.2, -0.15) is 0 Å². The predicted molar refractivity (Wildman–Crippen MR) is 47.8 cm³/mol. The van der Waals surface area contributed by atoms with Crippen molar-refractivity contribution >= 4 is 6.21 Å². The fourth-order valence-corrected chi connectivity index (χ4v) is 1.74. The molecule has 0 aromatic heterocycles. The number of oxime groups is 1. The number of benzene rings is 1. The minimum Gasteiger partial charge on any atom is -0.411 e. The van der Waals surface area contributed by atoms with E-state index in [0.29, 0.717) is 0 Å². The van der Waals surface area contributed by atoms with Gasteiger partial charge in [0.15, 0.2) is 0 Å². The normalized spacial score (nSPS) is 15.3. The minimum atomic E-state index is 0.984. The Morgan fingerprint density at radius 1 is 1.25 bits per heavy atom. The Kier molecular flexibility index (Phi) is 1.82. The summed E-state index contributed by atoms with van der Waals surface area (Å²) in [4.78, 5) is 0. The number of aryl methyl sites for hydroxylation is 2. The van der Waals surface area contributed by atoms with Crippen molar-refractivity contribution in [3.8, 4) is 0 Å². The molecule has 2 heteroatoms. The topological polar surface area (TPSA) is 32.6 Å². The van der Waals surface area contributed by atoms with Crippen LogP contribution < -0.4 is 0 Å². The van der Waals surface area contributed by atoms with E-state index in [1.807, 2.05) is 6.07 Å². The molecular weight excluding hydrogens is 150 g/mol. The molecule has 1 aromatic carbocycles. The van der Waals surface area contributed by atoms with E-state index >= 15 is 0 Å². The summed E-state index contributed by atoms with van der Waals surface area (Å²) in [6, 6.07) is 6.21. The lowest BCUT2D eigenvalue weighted by atomic mass is 10.1. The molecule has 0 radical (unpaired) electrons. The van der Waals surface area contributed by atoms with Gasteiger partial charge in [-0.05, 0) is 42.0 Å². The van der Waals surface area contributed by atoms with Gasteiger partial charge in [0.05, 0.1) is 6.21 Å². The molecule has 1 aliphatic carbocycles. The van der Waals surface area contributed by atoms with Crippen molar-refractivity contribution in [3.63, 3.8) is 0 Å². The Morgan fingerprint density at radius 3 is 2.92 bits per heavy atom. The molecule has 2 rings (SSSR count). The minimum absolute atomic E-state index is 0.984. The first kappa shape index (κ1) is 7.35. The van der Waals surface area contributed by atoms with Gasteiger partial charge < -0.3 is 5.21 Å². The molecule has 0 amide bonds. The first-order valence-corrected chi connectivity index (χ1v) is 4.19. The van der Waals surface area contributed by atoms with E-state index in [0.717, 1.165) is 5.56 Å². The van der Waals surface area contributed by atoms with E-state index < -0.39 is 0 Å². The van der Waals surface area contributed by atoms with Crippen molar-refractivity contribution in [1.29, 1.82) is 0 Å². The van der Waals surface area contributed by atoms with Crippen LogP contribution in [0.4, 0.5) is 0 Å². The third-order valence-corrected chi connectivity index (χ3v) is 2.33. The third kappa shape index (κ3) is 1.20. The van der Waals surface area contributed by atoms with Gasteiger partial charge in [-0.3, -0.25) is 0 Å². The number of hydrogen-bond acceptors (Lipinski definition) is 2. The van der Waals surface area contributed by atoms with Crippen molar-refractivity contribution in [2.75, 3.05) is 0 Å². The molecule has 62 valence electrons. The van der Waals surface area contributed by atoms with Crippen LogP contribution in [0.1, 0.15) is 23.1 Å². The molecule has 1 aromatic rings. The average Bonchev–Trinajstić information content (AvgIpc) is 2.51. The van der Waals surface area contributed by atoms with Gasteiger partial charge in [0.2, 0.25) is 0 Å². The average molecular weight is 161 g/mol. The van der Waals surface area contributed by atoms with E-state index in [9.17, 15) is 0 Å². The lowest BCUT2D eigenvalue weighted by molar-refractivity contribution is 0.322. The molecule has 12 heavy (non-hydrogen) atoms. The second kappa shape index (κ2) is 2.97. The molecule has 0 bridgehead atoms. The quantitative estimate of drug-likeness (QED) is 0.381. The zero-order chi connectivity index (χ0) is 8.39. The summed E-state index contributed by atoms with van der Waals surface area (Å²) < 4.78 is 0. The summed E-state index contributed by atoms with van der Waals surface area (Å²) in [5, 5.41) is 11.3. The molecule has 0 fully saturated rings. The maximum atomic E-state index is 8.34. The molecule has 1 aliphatic rings. The fourth-order valence-electron chi connectivity index (χ4n) is 1.74. The van der Waals surface area contributed by atoms with Crippen LogP contribution in [0.3, 0.4) is 0 Å². The molecule has 0 heterocycles. The van der Waals surface area contributed by atoms with Gasteiger partial charge in [-0.25, -0.2) is 0 Å². The summed E-state index contributed by atoms with van der Waals surface area (Å²) in [7, 11) is 0. The van der Waals surface area contributed by atoms with Crippen molar-refractivity contribution in [2.24, 2.45) is 5.16 Å². The van der Waals surface area contributed by atoms with Gasteiger partial charge in [0, 0.05) is 0 Å². The van der Waals surface area contributed by atoms with Gasteiger partial charge >= 0.3 is 0 Å². The monoisotopic (exact) mass is 161 g/mol. The molecule has 0 atom stereocenters. The lowest BCUT2D eigenvalue weighted by Gasteiger charge is -1.98.